The second kappa shape index (κ2) is 6.62. The van der Waals surface area contributed by atoms with Crippen molar-refractivity contribution in [3.05, 3.63) is 71.3 Å². The van der Waals surface area contributed by atoms with Crippen molar-refractivity contribution in [3.8, 4) is 5.69 Å². The molecule has 2 heterocycles. The first kappa shape index (κ1) is 15.9. The molecule has 0 bridgehead atoms. The second-order valence-electron chi connectivity index (χ2n) is 5.79. The van der Waals surface area contributed by atoms with Gasteiger partial charge in [0.25, 0.3) is 5.91 Å². The molecule has 0 N–H and O–H groups in total. The molecule has 0 fully saturated rings. The maximum atomic E-state index is 12.7. The third-order valence-electron chi connectivity index (χ3n) is 3.86. The van der Waals surface area contributed by atoms with Gasteiger partial charge >= 0.3 is 0 Å². The van der Waals surface area contributed by atoms with E-state index in [-0.39, 0.29) is 5.91 Å². The summed E-state index contributed by atoms with van der Waals surface area (Å²) in [5, 5.41) is 8.22. The number of aryl methyl sites for hydroxylation is 1. The lowest BCUT2D eigenvalue weighted by atomic mass is 10.2. The molecule has 2 aromatic heterocycles. The van der Waals surface area contributed by atoms with E-state index in [0.717, 1.165) is 16.9 Å². The Labute approximate surface area is 140 Å². The number of nitrogens with zero attached hydrogens (tertiary/aromatic N) is 5. The summed E-state index contributed by atoms with van der Waals surface area (Å²) in [7, 11) is 1.75. The predicted octanol–water partition coefficient (Wildman–Crippen LogP) is 2.55. The van der Waals surface area contributed by atoms with Crippen LogP contribution >= 0.6 is 0 Å². The molecule has 0 saturated carbocycles. The SMILES string of the molecule is Cc1ccc(-n2nnc(C(=O)N(C)Cc3cccnc3)c2C)cc1. The van der Waals surface area contributed by atoms with Crippen LogP contribution in [0.2, 0.25) is 0 Å². The van der Waals surface area contributed by atoms with E-state index in [4.69, 9.17) is 0 Å². The van der Waals surface area contributed by atoms with Gasteiger partial charge in [0.15, 0.2) is 5.69 Å². The Morgan fingerprint density at radius 2 is 1.92 bits per heavy atom. The highest BCUT2D eigenvalue weighted by molar-refractivity contribution is 5.93. The van der Waals surface area contributed by atoms with E-state index in [2.05, 4.69) is 15.3 Å². The van der Waals surface area contributed by atoms with Crippen LogP contribution in [0.5, 0.6) is 0 Å². The van der Waals surface area contributed by atoms with Crippen LogP contribution < -0.4 is 0 Å². The molecule has 0 unspecified atom stereocenters. The van der Waals surface area contributed by atoms with Gasteiger partial charge in [0.1, 0.15) is 0 Å². The number of carbonyl (C=O) groups is 1. The molecular formula is C18H19N5O. The van der Waals surface area contributed by atoms with Gasteiger partial charge in [-0.15, -0.1) is 5.10 Å². The van der Waals surface area contributed by atoms with Crippen molar-refractivity contribution < 1.29 is 4.79 Å². The Bertz CT molecular complexity index is 840. The summed E-state index contributed by atoms with van der Waals surface area (Å²) >= 11 is 0. The van der Waals surface area contributed by atoms with Gasteiger partial charge in [-0.2, -0.15) is 0 Å². The van der Waals surface area contributed by atoms with Gasteiger partial charge in [0, 0.05) is 26.0 Å². The van der Waals surface area contributed by atoms with Crippen molar-refractivity contribution >= 4 is 5.91 Å². The third-order valence-corrected chi connectivity index (χ3v) is 3.86. The van der Waals surface area contributed by atoms with Crippen LogP contribution in [0.3, 0.4) is 0 Å². The van der Waals surface area contributed by atoms with Gasteiger partial charge < -0.3 is 4.90 Å². The average Bonchev–Trinajstić information content (AvgIpc) is 2.97. The zero-order chi connectivity index (χ0) is 17.1. The second-order valence-corrected chi connectivity index (χ2v) is 5.79. The van der Waals surface area contributed by atoms with Crippen LogP contribution in [-0.2, 0) is 6.54 Å². The molecule has 0 aliphatic carbocycles. The van der Waals surface area contributed by atoms with Crippen molar-refractivity contribution in [2.24, 2.45) is 0 Å². The lowest BCUT2D eigenvalue weighted by molar-refractivity contribution is 0.0778. The molecule has 3 aromatic rings. The Morgan fingerprint density at radius 1 is 1.17 bits per heavy atom. The maximum absolute atomic E-state index is 12.7. The van der Waals surface area contributed by atoms with Crippen LogP contribution in [0.15, 0.2) is 48.8 Å². The molecule has 0 radical (unpaired) electrons. The zero-order valence-corrected chi connectivity index (χ0v) is 14.0. The molecule has 6 heteroatoms. The van der Waals surface area contributed by atoms with Crippen LogP contribution in [0.4, 0.5) is 0 Å². The number of carbonyl (C=O) groups excluding carboxylic acids is 1. The summed E-state index contributed by atoms with van der Waals surface area (Å²) in [5.74, 6) is -0.158. The van der Waals surface area contributed by atoms with E-state index in [0.29, 0.717) is 12.2 Å². The number of pyridine rings is 1. The largest absolute Gasteiger partial charge is 0.336 e. The van der Waals surface area contributed by atoms with Crippen molar-refractivity contribution in [2.45, 2.75) is 20.4 Å². The summed E-state index contributed by atoms with van der Waals surface area (Å²) in [5.41, 5.74) is 4.12. The van der Waals surface area contributed by atoms with Crippen molar-refractivity contribution in [1.82, 2.24) is 24.9 Å². The van der Waals surface area contributed by atoms with E-state index >= 15 is 0 Å². The Morgan fingerprint density at radius 3 is 2.58 bits per heavy atom. The summed E-state index contributed by atoms with van der Waals surface area (Å²) in [6.45, 7) is 4.36. The molecular weight excluding hydrogens is 302 g/mol. The van der Waals surface area contributed by atoms with Gasteiger partial charge in [-0.25, -0.2) is 4.68 Å². The summed E-state index contributed by atoms with van der Waals surface area (Å²) in [4.78, 5) is 18.3. The fourth-order valence-corrected chi connectivity index (χ4v) is 2.48. The molecule has 1 amide bonds. The quantitative estimate of drug-likeness (QED) is 0.741. The Kier molecular flexibility index (Phi) is 4.37. The third kappa shape index (κ3) is 3.17. The lowest BCUT2D eigenvalue weighted by Crippen LogP contribution is -2.27. The van der Waals surface area contributed by atoms with Gasteiger partial charge in [-0.1, -0.05) is 29.0 Å². The molecule has 3 rings (SSSR count). The number of hydrogen-bond donors (Lipinski definition) is 0. The van der Waals surface area contributed by atoms with Gasteiger partial charge in [0.05, 0.1) is 11.4 Å². The standard InChI is InChI=1S/C18H19N5O/c1-13-6-8-16(9-7-13)23-14(2)17(20-21-23)18(24)22(3)12-15-5-4-10-19-11-15/h4-11H,12H2,1-3H3. The van der Waals surface area contributed by atoms with E-state index in [1.807, 2.05) is 50.2 Å². The fourth-order valence-electron chi connectivity index (χ4n) is 2.48. The van der Waals surface area contributed by atoms with E-state index in [1.165, 1.54) is 5.56 Å². The Balaban J connectivity index is 1.82. The number of amides is 1. The molecule has 0 aliphatic heterocycles. The highest BCUT2D eigenvalue weighted by atomic mass is 16.2. The minimum atomic E-state index is -0.158. The monoisotopic (exact) mass is 321 g/mol. The first-order chi connectivity index (χ1) is 11.6. The summed E-state index contributed by atoms with van der Waals surface area (Å²) in [6.07, 6.45) is 3.46. The minimum Gasteiger partial charge on any atom is -0.336 e. The molecule has 0 atom stereocenters. The molecule has 0 saturated heterocycles. The topological polar surface area (TPSA) is 63.9 Å². The first-order valence-corrected chi connectivity index (χ1v) is 7.70. The van der Waals surface area contributed by atoms with Crippen LogP contribution in [-0.4, -0.2) is 37.8 Å². The Hall–Kier alpha value is -3.02. The molecule has 0 aliphatic rings. The highest BCUT2D eigenvalue weighted by Crippen LogP contribution is 2.15. The molecule has 1 aromatic carbocycles. The summed E-state index contributed by atoms with van der Waals surface area (Å²) < 4.78 is 1.69. The van der Waals surface area contributed by atoms with Crippen LogP contribution in [0, 0.1) is 13.8 Å². The number of benzene rings is 1. The molecule has 6 nitrogen and oxygen atoms in total. The van der Waals surface area contributed by atoms with Crippen LogP contribution in [0.1, 0.15) is 27.3 Å². The normalized spacial score (nSPS) is 10.6. The number of aromatic nitrogens is 4. The first-order valence-electron chi connectivity index (χ1n) is 7.70. The van der Waals surface area contributed by atoms with Crippen molar-refractivity contribution in [2.75, 3.05) is 7.05 Å². The smallest absolute Gasteiger partial charge is 0.276 e. The van der Waals surface area contributed by atoms with Gasteiger partial charge in [-0.05, 0) is 37.6 Å². The van der Waals surface area contributed by atoms with E-state index in [9.17, 15) is 4.79 Å². The molecule has 24 heavy (non-hydrogen) atoms. The van der Waals surface area contributed by atoms with Gasteiger partial charge in [0.2, 0.25) is 0 Å². The fraction of sp³-hybridized carbons (Fsp3) is 0.222. The maximum Gasteiger partial charge on any atom is 0.276 e. The van der Waals surface area contributed by atoms with E-state index in [1.54, 1.807) is 29.0 Å². The van der Waals surface area contributed by atoms with Crippen molar-refractivity contribution in [3.63, 3.8) is 0 Å². The van der Waals surface area contributed by atoms with Gasteiger partial charge in [-0.3, -0.25) is 9.78 Å². The highest BCUT2D eigenvalue weighted by Gasteiger charge is 2.20. The molecule has 0 spiro atoms. The van der Waals surface area contributed by atoms with Crippen molar-refractivity contribution in [1.29, 1.82) is 0 Å². The summed E-state index contributed by atoms with van der Waals surface area (Å²) in [6, 6.07) is 11.7. The minimum absolute atomic E-state index is 0.158. The molecule has 122 valence electrons. The van der Waals surface area contributed by atoms with Crippen LogP contribution in [0.25, 0.3) is 5.69 Å². The van der Waals surface area contributed by atoms with E-state index < -0.39 is 0 Å². The zero-order valence-electron chi connectivity index (χ0n) is 14.0. The predicted molar refractivity (Wildman–Crippen MR) is 90.9 cm³/mol. The number of hydrogen-bond acceptors (Lipinski definition) is 4. The average molecular weight is 321 g/mol. The number of rotatable bonds is 4. The lowest BCUT2D eigenvalue weighted by Gasteiger charge is -2.16.